The van der Waals surface area contributed by atoms with Gasteiger partial charge in [-0.2, -0.15) is 0 Å². The molecule has 5 amide bonds. The summed E-state index contributed by atoms with van der Waals surface area (Å²) in [5.41, 5.74) is 7.97. The first kappa shape index (κ1) is 67.9. The third kappa shape index (κ3) is 14.6. The molecule has 11 bridgehead atoms. The number of hydrogen-bond acceptors (Lipinski definition) is 14. The molecule has 0 radical (unpaired) electrons. The van der Waals surface area contributed by atoms with Crippen LogP contribution in [0.3, 0.4) is 0 Å². The van der Waals surface area contributed by atoms with E-state index in [4.69, 9.17) is 57.0 Å². The molecule has 5 aromatic rings. The Morgan fingerprint density at radius 2 is 1.36 bits per heavy atom. The van der Waals surface area contributed by atoms with E-state index in [9.17, 15) is 19.5 Å². The highest BCUT2D eigenvalue weighted by atomic mass is 35.5. The first-order valence-electron chi connectivity index (χ1n) is 29.9. The molecule has 9 atom stereocenters. The second-order valence-electron chi connectivity index (χ2n) is 25.3. The lowest BCUT2D eigenvalue weighted by molar-refractivity contribution is -0.142. The Labute approximate surface area is 535 Å². The van der Waals surface area contributed by atoms with E-state index < -0.39 is 134 Å². The largest absolute Gasteiger partial charge is 0.496 e. The highest BCUT2D eigenvalue weighted by molar-refractivity contribution is 6.74. The molecule has 5 heterocycles. The lowest BCUT2D eigenvalue weighted by atomic mass is 9.84. The number of ether oxygens (including phenoxy) is 5. The number of halogens is 2. The van der Waals surface area contributed by atoms with E-state index in [0.29, 0.717) is 29.5 Å². The Bertz CT molecular complexity index is 3660. The maximum absolute atomic E-state index is 16.1. The summed E-state index contributed by atoms with van der Waals surface area (Å²) in [6.45, 7) is 19.2. The van der Waals surface area contributed by atoms with Gasteiger partial charge in [0.05, 0.1) is 49.3 Å². The highest BCUT2D eigenvalue weighted by Gasteiger charge is 2.46. The Morgan fingerprint density at radius 1 is 0.744 bits per heavy atom. The molecular formula is C67H79Cl2N5O15Si. The number of carbonyl (C=O) groups excluding carboxylic acids is 7. The van der Waals surface area contributed by atoms with E-state index in [1.165, 1.54) is 45.6 Å². The number of aryl methyl sites for hydroxylation is 1. The maximum atomic E-state index is 16.1. The van der Waals surface area contributed by atoms with Gasteiger partial charge in [0.15, 0.2) is 37.4 Å². The van der Waals surface area contributed by atoms with Gasteiger partial charge in [0.1, 0.15) is 41.1 Å². The van der Waals surface area contributed by atoms with Gasteiger partial charge in [-0.25, -0.2) is 4.79 Å². The zero-order chi connectivity index (χ0) is 66.0. The molecule has 10 rings (SSSR count). The number of benzene rings is 5. The van der Waals surface area contributed by atoms with Gasteiger partial charge < -0.3 is 60.2 Å². The van der Waals surface area contributed by atoms with Gasteiger partial charge >= 0.3 is 5.97 Å². The van der Waals surface area contributed by atoms with Gasteiger partial charge in [-0.1, -0.05) is 95.9 Å². The lowest BCUT2D eigenvalue weighted by Gasteiger charge is -2.42. The average Bonchev–Trinajstić information content (AvgIpc) is 0.807. The van der Waals surface area contributed by atoms with Crippen molar-refractivity contribution in [3.63, 3.8) is 0 Å². The van der Waals surface area contributed by atoms with Crippen LogP contribution in [0.5, 0.6) is 40.2 Å². The molecule has 0 fully saturated rings. The van der Waals surface area contributed by atoms with Crippen LogP contribution in [0.15, 0.2) is 78.9 Å². The number of ketones is 2. The summed E-state index contributed by atoms with van der Waals surface area (Å²) in [5, 5.41) is 21.9. The number of rotatable bonds is 13. The number of methoxy groups -OCH3 is 3. The standard InChI is InChI=1S/C67H79Cl2N5O15Si/c1-14-35(21-32(2)3)62(78)74-59-46(75)27-40(30-54(70)77)63(79)72-57-39-28-52(61(86-11)53(29-39)88-50-20-17-38(26-45(50)69)60(59)89-90(12,13)67(6,7)8)87-49-19-15-36(25-44(49)68)34(5)56-65(81)73-58(66(82)83)43-22-33(4)23-51(85-10)55(43)42-24-37(16-18-48(42)84-9)41(31-47(57)76)64(80)71-56/h15-20,22-26,28-29,32,34-35,40-41,56-60H,14,21,27,30-31H2,1-13H3,(H2,70,77)(H,71,80)(H,72,79)(H,73,81)(H,74,78)(H,82,83)/t34-,35?,40?,41?,56?,57+,58?,59?,60-/m0/s1. The summed E-state index contributed by atoms with van der Waals surface area (Å²) in [5.74, 6) is -11.5. The fraction of sp³-hybridized carbons (Fsp3) is 0.433. The van der Waals surface area contributed by atoms with Crippen molar-refractivity contribution in [3.05, 3.63) is 122 Å². The fourth-order valence-electron chi connectivity index (χ4n) is 11.6. The van der Waals surface area contributed by atoms with Crippen molar-refractivity contribution in [2.24, 2.45) is 23.5 Å². The number of carboxylic acids is 1. The van der Waals surface area contributed by atoms with Crippen LogP contribution >= 0.6 is 23.2 Å². The molecule has 5 aliphatic heterocycles. The Balaban J connectivity index is 1.41. The molecule has 0 saturated heterocycles. The van der Waals surface area contributed by atoms with Gasteiger partial charge in [-0.3, -0.25) is 33.6 Å². The minimum Gasteiger partial charge on any atom is -0.496 e. The van der Waals surface area contributed by atoms with Crippen molar-refractivity contribution >= 4 is 78.6 Å². The van der Waals surface area contributed by atoms with Crippen molar-refractivity contribution in [1.82, 2.24) is 21.3 Å². The molecular weight excluding hydrogens is 1210 g/mol. The van der Waals surface area contributed by atoms with E-state index in [2.05, 4.69) is 21.3 Å². The third-order valence-electron chi connectivity index (χ3n) is 17.5. The average molecular weight is 1290 g/mol. The predicted molar refractivity (Wildman–Crippen MR) is 341 cm³/mol. The zero-order valence-corrected chi connectivity index (χ0v) is 55.3. The van der Waals surface area contributed by atoms with Gasteiger partial charge in [0, 0.05) is 42.2 Å². The molecule has 23 heteroatoms. The molecule has 7 N–H and O–H groups in total. The number of fused-ring (bicyclic) bond motifs is 15. The second kappa shape index (κ2) is 27.6. The van der Waals surface area contributed by atoms with Crippen molar-refractivity contribution in [2.45, 2.75) is 148 Å². The molecule has 480 valence electrons. The number of carbonyl (C=O) groups is 8. The molecule has 0 aliphatic carbocycles. The lowest BCUT2D eigenvalue weighted by Crippen LogP contribution is -2.53. The van der Waals surface area contributed by atoms with Crippen LogP contribution in [0.1, 0.15) is 144 Å². The fourth-order valence-corrected chi connectivity index (χ4v) is 13.3. The van der Waals surface area contributed by atoms with Gasteiger partial charge in [-0.05, 0) is 132 Å². The van der Waals surface area contributed by atoms with Crippen LogP contribution < -0.4 is 50.7 Å². The van der Waals surface area contributed by atoms with E-state index in [1.54, 1.807) is 68.4 Å². The SMILES string of the molecule is CCC(CC(C)C)C(=O)NC1C(=O)CC(CC(N)=O)C(=O)N[C@H]2C(=O)CC3C(=O)NC(C(=O)NC(C(=O)O)c4cc(C)cc(OC)c4-c4cc3ccc4OC)[C@@H](C)c3ccc(c(Cl)c3)Oc3cc2cc(c3OC)Oc2ccc(cc2Cl)[C@@H]1O[Si](C)(C)C(C)(C)C. The van der Waals surface area contributed by atoms with Crippen LogP contribution in [-0.4, -0.2) is 93.9 Å². The molecule has 90 heavy (non-hydrogen) atoms. The minimum atomic E-state index is -2.92. The maximum Gasteiger partial charge on any atom is 0.330 e. The number of amides is 5. The number of nitrogens with two attached hydrogens (primary N) is 1. The molecule has 20 nitrogen and oxygen atoms in total. The molecule has 5 aromatic carbocycles. The summed E-state index contributed by atoms with van der Waals surface area (Å²) in [6, 6.07) is 13.6. The smallest absolute Gasteiger partial charge is 0.330 e. The first-order chi connectivity index (χ1) is 42.4. The summed E-state index contributed by atoms with van der Waals surface area (Å²) in [6.07, 6.45) is -2.47. The van der Waals surface area contributed by atoms with Crippen molar-refractivity contribution in [1.29, 1.82) is 0 Å². The van der Waals surface area contributed by atoms with E-state index in [1.807, 2.05) is 54.6 Å². The van der Waals surface area contributed by atoms with Crippen LogP contribution in [0.4, 0.5) is 0 Å². The van der Waals surface area contributed by atoms with Gasteiger partial charge in [0.25, 0.3) is 0 Å². The minimum absolute atomic E-state index is 0.00751. The Kier molecular flexibility index (Phi) is 20.9. The molecule has 0 aromatic heterocycles. The van der Waals surface area contributed by atoms with Crippen molar-refractivity contribution < 1.29 is 71.6 Å². The molecule has 0 saturated carbocycles. The van der Waals surface area contributed by atoms with Crippen LogP contribution in [0.2, 0.25) is 28.2 Å². The van der Waals surface area contributed by atoms with Crippen LogP contribution in [0.25, 0.3) is 11.1 Å². The van der Waals surface area contributed by atoms with Crippen molar-refractivity contribution in [3.8, 4) is 51.4 Å². The van der Waals surface area contributed by atoms with Gasteiger partial charge in [0.2, 0.25) is 35.3 Å². The second-order valence-corrected chi connectivity index (χ2v) is 30.9. The number of hydrogen-bond donors (Lipinski definition) is 6. The van der Waals surface area contributed by atoms with E-state index >= 15 is 24.0 Å². The van der Waals surface area contributed by atoms with E-state index in [0.717, 1.165) is 0 Å². The zero-order valence-electron chi connectivity index (χ0n) is 52.8. The van der Waals surface area contributed by atoms with Crippen LogP contribution in [-0.2, 0) is 42.8 Å². The number of primary amides is 1. The summed E-state index contributed by atoms with van der Waals surface area (Å²) in [7, 11) is 1.21. The first-order valence-corrected chi connectivity index (χ1v) is 33.5. The number of carboxylic acid groups (broad SMARTS) is 1. The monoisotopic (exact) mass is 1290 g/mol. The predicted octanol–water partition coefficient (Wildman–Crippen LogP) is 11.4. The number of aliphatic carboxylic acids is 1. The normalized spacial score (nSPS) is 21.8. The van der Waals surface area contributed by atoms with Crippen LogP contribution in [0, 0.1) is 24.7 Å². The molecule has 6 unspecified atom stereocenters. The molecule has 0 spiro atoms. The number of Topliss-reactive ketones (excluding diaryl/α,β-unsaturated/α-hetero) is 2. The summed E-state index contributed by atoms with van der Waals surface area (Å²) < 4.78 is 38.3. The Morgan fingerprint density at radius 3 is 1.91 bits per heavy atom. The van der Waals surface area contributed by atoms with Gasteiger partial charge in [-0.15, -0.1) is 0 Å². The summed E-state index contributed by atoms with van der Waals surface area (Å²) >= 11 is 14.4. The third-order valence-corrected chi connectivity index (χ3v) is 22.5. The van der Waals surface area contributed by atoms with Crippen molar-refractivity contribution in [2.75, 3.05) is 21.3 Å². The summed E-state index contributed by atoms with van der Waals surface area (Å²) in [4.78, 5) is 119. The van der Waals surface area contributed by atoms with E-state index in [-0.39, 0.29) is 84.0 Å². The number of nitrogens with one attached hydrogen (secondary N) is 4. The topological polar surface area (TPSA) is 286 Å². The molecule has 5 aliphatic rings. The Hall–Kier alpha value is -7.98. The highest BCUT2D eigenvalue weighted by Crippen LogP contribution is 2.50. The quantitative estimate of drug-likeness (QED) is 0.0598.